The first-order valence-corrected chi connectivity index (χ1v) is 9.17. The lowest BCUT2D eigenvalue weighted by atomic mass is 9.60. The molecule has 0 unspecified atom stereocenters. The first kappa shape index (κ1) is 20.1. The number of ketones is 1. The van der Waals surface area contributed by atoms with Crippen molar-refractivity contribution in [1.29, 1.82) is 0 Å². The van der Waals surface area contributed by atoms with Crippen LogP contribution in [0.2, 0.25) is 0 Å². The Balaban J connectivity index is 2.44. The van der Waals surface area contributed by atoms with Gasteiger partial charge in [0.15, 0.2) is 5.78 Å². The van der Waals surface area contributed by atoms with E-state index in [0.29, 0.717) is 6.42 Å². The third-order valence-corrected chi connectivity index (χ3v) is 5.89. The number of fused-ring (bicyclic) bond motifs is 2. The zero-order valence-corrected chi connectivity index (χ0v) is 15.9. The number of hydrogen-bond donors (Lipinski definition) is 5. The van der Waals surface area contributed by atoms with Gasteiger partial charge in [-0.2, -0.15) is 0 Å². The molecule has 0 aliphatic heterocycles. The fraction of sp³-hybridized carbons (Fsp3) is 0.429. The number of hydrogen-bond acceptors (Lipinski definition) is 6. The molecule has 0 bridgehead atoms. The number of Topliss-reactive ketones (excluding diaryl/α,β-unsaturated/α-hetero) is 1. The van der Waals surface area contributed by atoms with Crippen molar-refractivity contribution in [2.45, 2.75) is 44.8 Å². The molecular formula is C21H24O7. The van der Waals surface area contributed by atoms with Crippen LogP contribution in [0.4, 0.5) is 0 Å². The highest BCUT2D eigenvalue weighted by Gasteiger charge is 2.65. The number of aliphatic carboxylic acids is 1. The maximum atomic E-state index is 13.0. The van der Waals surface area contributed by atoms with Crippen molar-refractivity contribution < 1.29 is 35.1 Å². The summed E-state index contributed by atoms with van der Waals surface area (Å²) in [6.45, 7) is 4.99. The van der Waals surface area contributed by atoms with Crippen LogP contribution in [0.25, 0.3) is 10.8 Å². The topological polar surface area (TPSA) is 135 Å². The molecule has 0 heterocycles. The van der Waals surface area contributed by atoms with Gasteiger partial charge in [-0.05, 0) is 30.9 Å². The van der Waals surface area contributed by atoms with Crippen LogP contribution in [0.15, 0.2) is 24.3 Å². The number of carboxylic acids is 1. The second kappa shape index (κ2) is 6.46. The number of rotatable bonds is 4. The first-order chi connectivity index (χ1) is 13.0. The van der Waals surface area contributed by atoms with E-state index in [2.05, 4.69) is 0 Å². The molecule has 7 heteroatoms. The van der Waals surface area contributed by atoms with Gasteiger partial charge in [0.1, 0.15) is 17.1 Å². The van der Waals surface area contributed by atoms with E-state index in [-0.39, 0.29) is 40.0 Å². The van der Waals surface area contributed by atoms with Crippen LogP contribution in [-0.2, 0) is 10.4 Å². The maximum Gasteiger partial charge on any atom is 0.339 e. The Morgan fingerprint density at radius 2 is 1.82 bits per heavy atom. The molecule has 5 N–H and O–H groups in total. The molecule has 0 spiro atoms. The molecule has 7 nitrogen and oxygen atoms in total. The summed E-state index contributed by atoms with van der Waals surface area (Å²) >= 11 is 0. The summed E-state index contributed by atoms with van der Waals surface area (Å²) in [5, 5.41) is 53.7. The van der Waals surface area contributed by atoms with Gasteiger partial charge in [-0.15, -0.1) is 0 Å². The molecule has 0 fully saturated rings. The van der Waals surface area contributed by atoms with E-state index >= 15 is 0 Å². The Labute approximate surface area is 161 Å². The van der Waals surface area contributed by atoms with Gasteiger partial charge in [0.25, 0.3) is 0 Å². The molecule has 3 atom stereocenters. The highest BCUT2D eigenvalue weighted by molar-refractivity contribution is 6.12. The van der Waals surface area contributed by atoms with Gasteiger partial charge in [0, 0.05) is 16.3 Å². The van der Waals surface area contributed by atoms with Crippen LogP contribution in [-0.4, -0.2) is 42.9 Å². The van der Waals surface area contributed by atoms with Crippen molar-refractivity contribution in [3.8, 4) is 11.5 Å². The van der Waals surface area contributed by atoms with Crippen molar-refractivity contribution in [3.63, 3.8) is 0 Å². The molecule has 150 valence electrons. The lowest BCUT2D eigenvalue weighted by molar-refractivity contribution is -0.210. The molecule has 2 aromatic carbocycles. The van der Waals surface area contributed by atoms with Crippen molar-refractivity contribution in [3.05, 3.63) is 35.4 Å². The minimum absolute atomic E-state index is 0.0842. The summed E-state index contributed by atoms with van der Waals surface area (Å²) in [6, 6.07) is 5.67. The molecule has 1 aliphatic rings. The second-order valence-electron chi connectivity index (χ2n) is 7.97. The Kier molecular flexibility index (Phi) is 4.64. The van der Waals surface area contributed by atoms with Gasteiger partial charge in [-0.25, -0.2) is 4.79 Å². The van der Waals surface area contributed by atoms with E-state index in [1.807, 2.05) is 13.8 Å². The van der Waals surface area contributed by atoms with E-state index in [1.165, 1.54) is 31.2 Å². The molecule has 0 aromatic heterocycles. The van der Waals surface area contributed by atoms with E-state index in [0.717, 1.165) is 0 Å². The number of aromatic hydroxyl groups is 2. The summed E-state index contributed by atoms with van der Waals surface area (Å²) in [5.41, 5.74) is -5.52. The Hall–Kier alpha value is -2.64. The van der Waals surface area contributed by atoms with Crippen molar-refractivity contribution in [2.24, 2.45) is 11.8 Å². The molecule has 0 saturated carbocycles. The van der Waals surface area contributed by atoms with Crippen molar-refractivity contribution in [2.75, 3.05) is 0 Å². The molecule has 0 amide bonds. The molecule has 2 aromatic rings. The zero-order valence-electron chi connectivity index (χ0n) is 15.9. The van der Waals surface area contributed by atoms with Gasteiger partial charge in [-0.1, -0.05) is 32.9 Å². The standard InChI is InChI=1S/C21H24O7/c1-10(2)7-8-20(27)14-9-13-12(5-4-6-15(13)22)18(24)16(14)17(23)11(3)21(20,28)19(25)26/h4-6,9-11,22,24,27-28H,7-8H2,1-3H3,(H,25,26)/t11-,20+,21-/m0/s1. The normalized spacial score (nSPS) is 27.2. The SMILES string of the molecule is CC(C)CC[C@@]1(O)c2cc3c(O)cccc3c(O)c2C(=O)[C@H](C)[C@]1(O)C(=O)O. The fourth-order valence-electron chi connectivity index (χ4n) is 4.12. The average Bonchev–Trinajstić information content (AvgIpc) is 2.63. The number of benzene rings is 2. The Morgan fingerprint density at radius 1 is 1.18 bits per heavy atom. The average molecular weight is 388 g/mol. The van der Waals surface area contributed by atoms with Crippen molar-refractivity contribution in [1.82, 2.24) is 0 Å². The van der Waals surface area contributed by atoms with Crippen LogP contribution in [0.1, 0.15) is 49.5 Å². The second-order valence-corrected chi connectivity index (χ2v) is 7.97. The summed E-state index contributed by atoms with van der Waals surface area (Å²) in [4.78, 5) is 25.0. The molecule has 0 saturated heterocycles. The molecule has 0 radical (unpaired) electrons. The lowest BCUT2D eigenvalue weighted by Crippen LogP contribution is -2.65. The fourth-order valence-corrected chi connectivity index (χ4v) is 4.12. The van der Waals surface area contributed by atoms with Gasteiger partial charge in [0.05, 0.1) is 11.5 Å². The van der Waals surface area contributed by atoms with Gasteiger partial charge in [0.2, 0.25) is 5.60 Å². The zero-order chi connectivity index (χ0) is 21.0. The minimum Gasteiger partial charge on any atom is -0.507 e. The largest absolute Gasteiger partial charge is 0.507 e. The van der Waals surface area contributed by atoms with Crippen LogP contribution in [0, 0.1) is 11.8 Å². The van der Waals surface area contributed by atoms with Crippen LogP contribution in [0.5, 0.6) is 11.5 Å². The summed E-state index contributed by atoms with van der Waals surface area (Å²) in [5.74, 6) is -4.56. The number of phenolic OH excluding ortho intramolecular Hbond substituents is 2. The van der Waals surface area contributed by atoms with Gasteiger partial charge in [-0.3, -0.25) is 4.79 Å². The Bertz CT molecular complexity index is 980. The van der Waals surface area contributed by atoms with E-state index in [4.69, 9.17) is 0 Å². The highest BCUT2D eigenvalue weighted by Crippen LogP contribution is 2.53. The summed E-state index contributed by atoms with van der Waals surface area (Å²) in [7, 11) is 0. The number of carboxylic acid groups (broad SMARTS) is 1. The van der Waals surface area contributed by atoms with Crippen LogP contribution in [0.3, 0.4) is 0 Å². The summed E-state index contributed by atoms with van der Waals surface area (Å²) in [6.07, 6.45) is 0.225. The van der Waals surface area contributed by atoms with E-state index < -0.39 is 34.6 Å². The minimum atomic E-state index is -2.78. The van der Waals surface area contributed by atoms with Crippen molar-refractivity contribution >= 4 is 22.5 Å². The predicted molar refractivity (Wildman–Crippen MR) is 101 cm³/mol. The lowest BCUT2D eigenvalue weighted by Gasteiger charge is -2.48. The third kappa shape index (κ3) is 2.50. The highest BCUT2D eigenvalue weighted by atomic mass is 16.4. The molecule has 3 rings (SSSR count). The molecule has 28 heavy (non-hydrogen) atoms. The van der Waals surface area contributed by atoms with Gasteiger partial charge >= 0.3 is 5.97 Å². The van der Waals surface area contributed by atoms with Gasteiger partial charge < -0.3 is 25.5 Å². The Morgan fingerprint density at radius 3 is 2.39 bits per heavy atom. The third-order valence-electron chi connectivity index (χ3n) is 5.89. The number of carbonyl (C=O) groups excluding carboxylic acids is 1. The van der Waals surface area contributed by atoms with E-state index in [9.17, 15) is 35.1 Å². The number of aliphatic hydroxyl groups is 2. The quantitative estimate of drug-likeness (QED) is 0.543. The number of carbonyl (C=O) groups is 2. The maximum absolute atomic E-state index is 13.0. The molecule has 1 aliphatic carbocycles. The predicted octanol–water partition coefficient (Wildman–Crippen LogP) is 2.52. The van der Waals surface area contributed by atoms with E-state index in [1.54, 1.807) is 0 Å². The molecular weight excluding hydrogens is 364 g/mol. The van der Waals surface area contributed by atoms with Crippen LogP contribution < -0.4 is 0 Å². The smallest absolute Gasteiger partial charge is 0.339 e. The van der Waals surface area contributed by atoms with Crippen LogP contribution >= 0.6 is 0 Å². The summed E-state index contributed by atoms with van der Waals surface area (Å²) < 4.78 is 0. The number of phenols is 2. The first-order valence-electron chi connectivity index (χ1n) is 9.17. The monoisotopic (exact) mass is 388 g/mol.